The van der Waals surface area contributed by atoms with E-state index in [1.165, 1.54) is 0 Å². The number of phenolic OH excluding ortho intramolecular Hbond substituents is 1. The van der Waals surface area contributed by atoms with Crippen LogP contribution in [0, 0.1) is 20.8 Å². The second kappa shape index (κ2) is 9.21. The number of hydrogen-bond acceptors (Lipinski definition) is 5. The van der Waals surface area contributed by atoms with Gasteiger partial charge in [-0.05, 0) is 92.6 Å². The van der Waals surface area contributed by atoms with Crippen LogP contribution in [0.2, 0.25) is 0 Å². The fraction of sp³-hybridized carbons (Fsp3) is 0.414. The van der Waals surface area contributed by atoms with Crippen LogP contribution in [0.5, 0.6) is 17.2 Å². The number of rotatable bonds is 6. The van der Waals surface area contributed by atoms with Crippen LogP contribution in [0.25, 0.3) is 10.8 Å². The summed E-state index contributed by atoms with van der Waals surface area (Å²) in [5, 5.41) is 12.5. The zero-order chi connectivity index (χ0) is 24.6. The van der Waals surface area contributed by atoms with Crippen LogP contribution in [0.1, 0.15) is 60.4 Å². The molecular weight excluding hydrogens is 428 g/mol. The van der Waals surface area contributed by atoms with Gasteiger partial charge in [0.2, 0.25) is 0 Å². The average Bonchev–Trinajstić information content (AvgIpc) is 2.84. The molecule has 0 amide bonds. The topological polar surface area (TPSA) is 65.0 Å². The van der Waals surface area contributed by atoms with E-state index in [-0.39, 0.29) is 11.9 Å². The van der Waals surface area contributed by atoms with Crippen LogP contribution < -0.4 is 9.47 Å². The molecule has 0 aliphatic carbocycles. The maximum Gasteiger partial charge on any atom is 0.313 e. The van der Waals surface area contributed by atoms with Crippen LogP contribution in [-0.4, -0.2) is 30.4 Å². The maximum absolute atomic E-state index is 12.8. The Bertz CT molecular complexity index is 1250. The number of hydrogen-bond donors (Lipinski definition) is 1. The number of ether oxygens (including phenoxy) is 3. The Morgan fingerprint density at radius 2 is 1.79 bits per heavy atom. The van der Waals surface area contributed by atoms with Gasteiger partial charge in [0, 0.05) is 12.0 Å². The molecule has 2 atom stereocenters. The van der Waals surface area contributed by atoms with Crippen molar-refractivity contribution in [2.75, 3.05) is 13.7 Å². The summed E-state index contributed by atoms with van der Waals surface area (Å²) in [4.78, 5) is 12.8. The third kappa shape index (κ3) is 4.44. The molecule has 0 saturated heterocycles. The molecule has 34 heavy (non-hydrogen) atoms. The molecule has 2 unspecified atom stereocenters. The highest BCUT2D eigenvalue weighted by Gasteiger charge is 2.35. The lowest BCUT2D eigenvalue weighted by Crippen LogP contribution is -2.38. The molecule has 0 fully saturated rings. The van der Waals surface area contributed by atoms with E-state index in [4.69, 9.17) is 14.2 Å². The highest BCUT2D eigenvalue weighted by atomic mass is 16.5. The standard InChI is InChI=1S/C29H34O5/c1-17-18(2)27-25(20(4)26(17)30)11-12-29(5,34-27)13-14-33-28(31)19(3)21-7-8-23-16-24(32-6)10-9-22(23)15-21/h7-10,15-16,19,30H,11-14H2,1-6H3. The van der Waals surface area contributed by atoms with Gasteiger partial charge >= 0.3 is 5.97 Å². The van der Waals surface area contributed by atoms with Crippen LogP contribution in [0.15, 0.2) is 36.4 Å². The quantitative estimate of drug-likeness (QED) is 0.436. The van der Waals surface area contributed by atoms with Gasteiger partial charge in [0.25, 0.3) is 0 Å². The SMILES string of the molecule is COc1ccc2cc(C(C)C(=O)OCCC3(C)CCc4c(C)c(O)c(C)c(C)c4O3)ccc2c1. The van der Waals surface area contributed by atoms with E-state index in [1.54, 1.807) is 7.11 Å². The average molecular weight is 463 g/mol. The van der Waals surface area contributed by atoms with Crippen molar-refractivity contribution in [2.24, 2.45) is 0 Å². The van der Waals surface area contributed by atoms with Crippen LogP contribution in [0.3, 0.4) is 0 Å². The molecule has 1 aliphatic heterocycles. The molecule has 0 aromatic heterocycles. The predicted molar refractivity (Wildman–Crippen MR) is 134 cm³/mol. The van der Waals surface area contributed by atoms with Crippen molar-refractivity contribution in [3.05, 3.63) is 64.2 Å². The highest BCUT2D eigenvalue weighted by Crippen LogP contribution is 2.44. The molecule has 1 aliphatic rings. The Labute approximate surface area is 201 Å². The second-order valence-electron chi connectivity index (χ2n) is 9.69. The number of esters is 1. The number of carbonyl (C=O) groups excluding carboxylic acids is 1. The molecule has 3 aromatic rings. The summed E-state index contributed by atoms with van der Waals surface area (Å²) in [5.74, 6) is 1.45. The summed E-state index contributed by atoms with van der Waals surface area (Å²) in [6.07, 6.45) is 2.25. The summed E-state index contributed by atoms with van der Waals surface area (Å²) in [5.41, 5.74) is 4.32. The van der Waals surface area contributed by atoms with Crippen LogP contribution in [-0.2, 0) is 16.0 Å². The van der Waals surface area contributed by atoms with Crippen molar-refractivity contribution < 1.29 is 24.1 Å². The van der Waals surface area contributed by atoms with Crippen molar-refractivity contribution in [2.45, 2.75) is 65.4 Å². The van der Waals surface area contributed by atoms with E-state index in [0.717, 1.165) is 62.9 Å². The summed E-state index contributed by atoms with van der Waals surface area (Å²) in [6, 6.07) is 11.9. The first-order valence-corrected chi connectivity index (χ1v) is 11.9. The lowest BCUT2D eigenvalue weighted by Gasteiger charge is -2.38. The molecule has 5 heteroatoms. The van der Waals surface area contributed by atoms with Gasteiger partial charge in [-0.1, -0.05) is 24.3 Å². The van der Waals surface area contributed by atoms with Gasteiger partial charge < -0.3 is 19.3 Å². The number of carbonyl (C=O) groups is 1. The van der Waals surface area contributed by atoms with Crippen molar-refractivity contribution in [1.82, 2.24) is 0 Å². The van der Waals surface area contributed by atoms with Crippen LogP contribution >= 0.6 is 0 Å². The van der Waals surface area contributed by atoms with Crippen LogP contribution in [0.4, 0.5) is 0 Å². The molecule has 3 aromatic carbocycles. The van der Waals surface area contributed by atoms with Gasteiger partial charge in [0.1, 0.15) is 22.8 Å². The monoisotopic (exact) mass is 462 g/mol. The Morgan fingerprint density at radius 1 is 1.09 bits per heavy atom. The number of fused-ring (bicyclic) bond motifs is 2. The van der Waals surface area contributed by atoms with E-state index in [0.29, 0.717) is 18.8 Å². The third-order valence-corrected chi connectivity index (χ3v) is 7.39. The molecule has 5 nitrogen and oxygen atoms in total. The van der Waals surface area contributed by atoms with E-state index in [1.807, 2.05) is 64.1 Å². The van der Waals surface area contributed by atoms with Crippen molar-refractivity contribution >= 4 is 16.7 Å². The highest BCUT2D eigenvalue weighted by molar-refractivity contribution is 5.86. The normalized spacial score (nSPS) is 18.2. The molecule has 0 bridgehead atoms. The van der Waals surface area contributed by atoms with Gasteiger partial charge in [-0.2, -0.15) is 0 Å². The summed E-state index contributed by atoms with van der Waals surface area (Å²) < 4.78 is 17.4. The molecule has 0 radical (unpaired) electrons. The molecule has 1 heterocycles. The third-order valence-electron chi connectivity index (χ3n) is 7.39. The minimum absolute atomic E-state index is 0.236. The zero-order valence-corrected chi connectivity index (χ0v) is 21.0. The predicted octanol–water partition coefficient (Wildman–Crippen LogP) is 6.30. The minimum Gasteiger partial charge on any atom is -0.507 e. The molecule has 0 spiro atoms. The second-order valence-corrected chi connectivity index (χ2v) is 9.69. The fourth-order valence-electron chi connectivity index (χ4n) is 4.74. The van der Waals surface area contributed by atoms with Gasteiger partial charge in [-0.15, -0.1) is 0 Å². The lowest BCUT2D eigenvalue weighted by atomic mass is 9.86. The Hall–Kier alpha value is -3.21. The van der Waals surface area contributed by atoms with Gasteiger partial charge in [0.05, 0.1) is 19.6 Å². The molecule has 0 saturated carbocycles. The summed E-state index contributed by atoms with van der Waals surface area (Å²) >= 11 is 0. The molecule has 180 valence electrons. The summed E-state index contributed by atoms with van der Waals surface area (Å²) in [7, 11) is 1.65. The van der Waals surface area contributed by atoms with Gasteiger partial charge in [-0.3, -0.25) is 4.79 Å². The Morgan fingerprint density at radius 3 is 2.53 bits per heavy atom. The number of aromatic hydroxyl groups is 1. The summed E-state index contributed by atoms with van der Waals surface area (Å²) in [6.45, 7) is 10.1. The number of benzene rings is 3. The number of methoxy groups -OCH3 is 1. The van der Waals surface area contributed by atoms with Crippen molar-refractivity contribution in [3.8, 4) is 17.2 Å². The first kappa shape index (κ1) is 23.9. The van der Waals surface area contributed by atoms with Crippen molar-refractivity contribution in [1.29, 1.82) is 0 Å². The molecule has 1 N–H and O–H groups in total. The van der Waals surface area contributed by atoms with E-state index in [9.17, 15) is 9.90 Å². The van der Waals surface area contributed by atoms with E-state index < -0.39 is 5.60 Å². The zero-order valence-electron chi connectivity index (χ0n) is 21.0. The first-order valence-electron chi connectivity index (χ1n) is 11.9. The van der Waals surface area contributed by atoms with Crippen molar-refractivity contribution in [3.63, 3.8) is 0 Å². The van der Waals surface area contributed by atoms with Gasteiger partial charge in [0.15, 0.2) is 0 Å². The Kier molecular flexibility index (Phi) is 6.48. The largest absolute Gasteiger partial charge is 0.507 e. The molecular formula is C29H34O5. The minimum atomic E-state index is -0.418. The smallest absolute Gasteiger partial charge is 0.313 e. The lowest BCUT2D eigenvalue weighted by molar-refractivity contribution is -0.146. The van der Waals surface area contributed by atoms with Gasteiger partial charge in [-0.25, -0.2) is 0 Å². The first-order chi connectivity index (χ1) is 16.1. The Balaban J connectivity index is 1.40. The number of phenols is 1. The fourth-order valence-corrected chi connectivity index (χ4v) is 4.74. The maximum atomic E-state index is 12.8. The van der Waals surface area contributed by atoms with E-state index in [2.05, 4.69) is 6.92 Å². The molecule has 4 rings (SSSR count). The van der Waals surface area contributed by atoms with E-state index >= 15 is 0 Å².